The van der Waals surface area contributed by atoms with Crippen LogP contribution in [0.4, 0.5) is 0 Å². The molecule has 0 atom stereocenters. The lowest BCUT2D eigenvalue weighted by atomic mass is 9.59. The predicted molar refractivity (Wildman–Crippen MR) is 152 cm³/mol. The molecule has 0 N–H and O–H groups in total. The number of aromatic nitrogens is 1. The fourth-order valence-corrected chi connectivity index (χ4v) is 5.18. The molecule has 0 unspecified atom stereocenters. The van der Waals surface area contributed by atoms with Gasteiger partial charge in [-0.25, -0.2) is 0 Å². The number of para-hydroxylation sites is 1. The van der Waals surface area contributed by atoms with Crippen molar-refractivity contribution in [2.45, 2.75) is 0 Å². The largest absolute Gasteiger partial charge is 0.309 e. The molecule has 5 rings (SSSR count). The molecular formula is C24H21B5ClN. The number of hydrogen-bond acceptors (Lipinski definition) is 0. The Balaban J connectivity index is 1.99. The van der Waals surface area contributed by atoms with E-state index in [1.807, 2.05) is 6.07 Å². The second kappa shape index (κ2) is 7.46. The summed E-state index contributed by atoms with van der Waals surface area (Å²) in [5, 5.41) is 3.22. The highest BCUT2D eigenvalue weighted by Crippen LogP contribution is 2.38. The molecule has 144 valence electrons. The normalized spacial score (nSPS) is 11.4. The number of rotatable bonds is 2. The summed E-state index contributed by atoms with van der Waals surface area (Å²) >= 11 is 6.50. The van der Waals surface area contributed by atoms with Crippen molar-refractivity contribution in [1.29, 1.82) is 0 Å². The van der Waals surface area contributed by atoms with Crippen molar-refractivity contribution in [3.8, 4) is 16.8 Å². The van der Waals surface area contributed by atoms with Crippen LogP contribution in [-0.2, 0) is 0 Å². The lowest BCUT2D eigenvalue weighted by Crippen LogP contribution is -2.55. The summed E-state index contributed by atoms with van der Waals surface area (Å²) in [6, 6.07) is 23.5. The number of halogens is 1. The average Bonchev–Trinajstić information content (AvgIpc) is 3.11. The van der Waals surface area contributed by atoms with Crippen LogP contribution in [0.3, 0.4) is 0 Å². The van der Waals surface area contributed by atoms with E-state index >= 15 is 0 Å². The Morgan fingerprint density at radius 1 is 0.613 bits per heavy atom. The number of fused-ring (bicyclic) bond motifs is 3. The van der Waals surface area contributed by atoms with Crippen LogP contribution in [0.15, 0.2) is 66.7 Å². The molecule has 0 bridgehead atoms. The van der Waals surface area contributed by atoms with Crippen LogP contribution in [0.25, 0.3) is 38.6 Å². The molecule has 1 nitrogen and oxygen atoms in total. The topological polar surface area (TPSA) is 4.93 Å². The van der Waals surface area contributed by atoms with Gasteiger partial charge in [-0.3, -0.25) is 0 Å². The molecule has 5 aromatic rings. The van der Waals surface area contributed by atoms with Gasteiger partial charge in [0.05, 0.1) is 11.0 Å². The van der Waals surface area contributed by atoms with Gasteiger partial charge in [-0.05, 0) is 47.5 Å². The molecule has 1 aromatic heterocycles. The summed E-state index contributed by atoms with van der Waals surface area (Å²) in [7, 11) is 11.2. The predicted octanol–water partition coefficient (Wildman–Crippen LogP) is -1.60. The zero-order chi connectivity index (χ0) is 21.9. The van der Waals surface area contributed by atoms with Gasteiger partial charge in [0.1, 0.15) is 39.2 Å². The van der Waals surface area contributed by atoms with Crippen molar-refractivity contribution in [3.63, 3.8) is 0 Å². The molecule has 0 saturated carbocycles. The molecule has 1 heterocycles. The van der Waals surface area contributed by atoms with Crippen LogP contribution in [0.5, 0.6) is 0 Å². The summed E-state index contributed by atoms with van der Waals surface area (Å²) in [6.45, 7) is 0. The van der Waals surface area contributed by atoms with E-state index in [1.54, 1.807) is 0 Å². The Labute approximate surface area is 192 Å². The van der Waals surface area contributed by atoms with E-state index in [0.29, 0.717) is 0 Å². The highest BCUT2D eigenvalue weighted by molar-refractivity contribution is 6.68. The summed E-state index contributed by atoms with van der Waals surface area (Å²) in [5.41, 5.74) is 13.0. The number of hydrogen-bond donors (Lipinski definition) is 0. The van der Waals surface area contributed by atoms with Crippen molar-refractivity contribution in [2.75, 3.05) is 0 Å². The second-order valence-electron chi connectivity index (χ2n) is 8.53. The minimum absolute atomic E-state index is 0.763. The van der Waals surface area contributed by atoms with Gasteiger partial charge in [0.25, 0.3) is 0 Å². The minimum Gasteiger partial charge on any atom is -0.309 e. The molecule has 0 fully saturated rings. The molecule has 0 aliphatic rings. The summed E-state index contributed by atoms with van der Waals surface area (Å²) < 4.78 is 2.35. The first kappa shape index (κ1) is 20.2. The third-order valence-electron chi connectivity index (χ3n) is 7.04. The summed E-state index contributed by atoms with van der Waals surface area (Å²) in [6.07, 6.45) is 0. The van der Waals surface area contributed by atoms with E-state index < -0.39 is 0 Å². The van der Waals surface area contributed by atoms with E-state index in [1.165, 1.54) is 60.2 Å². The monoisotopic (exact) mass is 413 g/mol. The van der Waals surface area contributed by atoms with Crippen LogP contribution in [0.2, 0.25) is 5.02 Å². The smallest absolute Gasteiger partial charge is 0.139 e. The molecule has 0 aliphatic carbocycles. The van der Waals surface area contributed by atoms with E-state index in [2.05, 4.69) is 104 Å². The van der Waals surface area contributed by atoms with Gasteiger partial charge in [0.15, 0.2) is 0 Å². The highest BCUT2D eigenvalue weighted by atomic mass is 35.5. The molecule has 31 heavy (non-hydrogen) atoms. The molecular weight excluding hydrogens is 392 g/mol. The van der Waals surface area contributed by atoms with Crippen molar-refractivity contribution in [3.05, 3.63) is 71.8 Å². The molecule has 4 aromatic carbocycles. The first-order valence-electron chi connectivity index (χ1n) is 10.8. The molecule has 0 amide bonds. The van der Waals surface area contributed by atoms with E-state index in [-0.39, 0.29) is 0 Å². The first-order chi connectivity index (χ1) is 14.9. The molecule has 7 heteroatoms. The Morgan fingerprint density at radius 3 is 1.94 bits per heavy atom. The van der Waals surface area contributed by atoms with Crippen LogP contribution < -0.4 is 27.3 Å². The highest BCUT2D eigenvalue weighted by Gasteiger charge is 2.20. The summed E-state index contributed by atoms with van der Waals surface area (Å²) in [5.74, 6) is 0. The van der Waals surface area contributed by atoms with Crippen LogP contribution >= 0.6 is 11.6 Å². The van der Waals surface area contributed by atoms with Crippen molar-refractivity contribution in [1.82, 2.24) is 4.57 Å². The fourth-order valence-electron chi connectivity index (χ4n) is 5.01. The van der Waals surface area contributed by atoms with Crippen molar-refractivity contribution < 1.29 is 0 Å². The maximum Gasteiger partial charge on any atom is 0.139 e. The molecule has 0 spiro atoms. The Bertz CT molecular complexity index is 1460. The van der Waals surface area contributed by atoms with E-state index in [0.717, 1.165) is 10.7 Å². The lowest BCUT2D eigenvalue weighted by Gasteiger charge is -2.21. The van der Waals surface area contributed by atoms with Crippen LogP contribution in [0.1, 0.15) is 0 Å². The molecule has 0 aliphatic heterocycles. The zero-order valence-electron chi connectivity index (χ0n) is 18.7. The fraction of sp³-hybridized carbons (Fsp3) is 0. The molecule has 0 saturated heterocycles. The SMILES string of the molecule is Bc1c(B)c(B)c(-c2cccc3c2c2cc(Cl)ccc2n3-c2ccccc2)c(B)c1B. The lowest BCUT2D eigenvalue weighted by molar-refractivity contribution is 1.18. The summed E-state index contributed by atoms with van der Waals surface area (Å²) in [4.78, 5) is 0. The molecule has 0 radical (unpaired) electrons. The van der Waals surface area contributed by atoms with E-state index in [9.17, 15) is 0 Å². The standard InChI is InChI=1S/C24H21B5ClN/c25-20-19(21(26)23(28)24(29)22(20)27)14-7-4-8-17-18(14)15-11-12(30)9-10-16(15)31(17)13-5-2-1-3-6-13/h1-11H,25-29H2. The van der Waals surface area contributed by atoms with Gasteiger partial charge in [-0.1, -0.05) is 52.9 Å². The number of benzene rings is 4. The van der Waals surface area contributed by atoms with Crippen molar-refractivity contribution >= 4 is 100.0 Å². The third-order valence-corrected chi connectivity index (χ3v) is 7.27. The van der Waals surface area contributed by atoms with Gasteiger partial charge < -0.3 is 4.57 Å². The quantitative estimate of drug-likeness (QED) is 0.308. The van der Waals surface area contributed by atoms with Gasteiger partial charge in [-0.2, -0.15) is 0 Å². The number of nitrogens with zero attached hydrogens (tertiary/aromatic N) is 1. The van der Waals surface area contributed by atoms with Gasteiger partial charge in [0.2, 0.25) is 0 Å². The third kappa shape index (κ3) is 3.00. The Hall–Kier alpha value is -2.71. The first-order valence-corrected chi connectivity index (χ1v) is 11.1. The maximum absolute atomic E-state index is 6.50. The van der Waals surface area contributed by atoms with Gasteiger partial charge in [0, 0.05) is 21.5 Å². The van der Waals surface area contributed by atoms with Gasteiger partial charge >= 0.3 is 0 Å². The van der Waals surface area contributed by atoms with Crippen LogP contribution in [-0.4, -0.2) is 43.8 Å². The van der Waals surface area contributed by atoms with Crippen LogP contribution in [0, 0.1) is 0 Å². The van der Waals surface area contributed by atoms with Crippen molar-refractivity contribution in [2.24, 2.45) is 0 Å². The average molecular weight is 413 g/mol. The second-order valence-corrected chi connectivity index (χ2v) is 8.97. The minimum atomic E-state index is 0.763. The Morgan fingerprint density at radius 2 is 1.26 bits per heavy atom. The zero-order valence-corrected chi connectivity index (χ0v) is 19.4. The maximum atomic E-state index is 6.50. The Kier molecular flexibility index (Phi) is 4.86. The van der Waals surface area contributed by atoms with E-state index in [4.69, 9.17) is 11.6 Å². The van der Waals surface area contributed by atoms with Gasteiger partial charge in [-0.15, -0.1) is 16.4 Å².